The molecule has 5 nitrogen and oxygen atoms in total. The molecule has 2 N–H and O–H groups in total. The van der Waals surface area contributed by atoms with Gasteiger partial charge in [0.05, 0.1) is 6.10 Å². The van der Waals surface area contributed by atoms with E-state index in [2.05, 4.69) is 34.1 Å². The van der Waals surface area contributed by atoms with Gasteiger partial charge in [0.15, 0.2) is 5.82 Å². The Morgan fingerprint density at radius 3 is 2.52 bits per heavy atom. The van der Waals surface area contributed by atoms with Gasteiger partial charge in [-0.05, 0) is 31.9 Å². The number of aromatic nitrogens is 3. The predicted molar refractivity (Wildman–Crippen MR) is 93.3 cm³/mol. The topological polar surface area (TPSA) is 70.9 Å². The van der Waals surface area contributed by atoms with Gasteiger partial charge in [-0.2, -0.15) is 0 Å². The maximum absolute atomic E-state index is 10.3. The lowest BCUT2D eigenvalue weighted by atomic mass is 9.96. The molecule has 0 bridgehead atoms. The predicted octanol–water partition coefficient (Wildman–Crippen LogP) is 3.36. The Hall–Kier alpha value is -2.01. The summed E-state index contributed by atoms with van der Waals surface area (Å²) in [5, 5.41) is 13.6. The van der Waals surface area contributed by atoms with Crippen LogP contribution in [0, 0.1) is 19.8 Å². The molecule has 1 unspecified atom stereocenters. The summed E-state index contributed by atoms with van der Waals surface area (Å²) in [5.74, 6) is 1.74. The van der Waals surface area contributed by atoms with Crippen LogP contribution in [0.25, 0.3) is 11.4 Å². The Bertz CT molecular complexity index is 626. The summed E-state index contributed by atoms with van der Waals surface area (Å²) in [4.78, 5) is 13.3. The minimum atomic E-state index is -0.374. The van der Waals surface area contributed by atoms with E-state index in [9.17, 15) is 5.11 Å². The van der Waals surface area contributed by atoms with Crippen molar-refractivity contribution >= 4 is 5.82 Å². The second-order valence-corrected chi connectivity index (χ2v) is 5.87. The van der Waals surface area contributed by atoms with Gasteiger partial charge in [-0.25, -0.2) is 9.97 Å². The number of pyridine rings is 1. The molecule has 0 saturated heterocycles. The third-order valence-corrected chi connectivity index (χ3v) is 4.38. The van der Waals surface area contributed by atoms with E-state index in [0.717, 1.165) is 35.5 Å². The van der Waals surface area contributed by atoms with Crippen molar-refractivity contribution < 1.29 is 5.11 Å². The first-order chi connectivity index (χ1) is 11.1. The second-order valence-electron chi connectivity index (χ2n) is 5.87. The first-order valence-electron chi connectivity index (χ1n) is 8.24. The van der Waals surface area contributed by atoms with Crippen molar-refractivity contribution in [1.82, 2.24) is 15.0 Å². The lowest BCUT2D eigenvalue weighted by molar-refractivity contribution is 0.114. The van der Waals surface area contributed by atoms with Crippen molar-refractivity contribution in [3.05, 3.63) is 35.8 Å². The van der Waals surface area contributed by atoms with Crippen molar-refractivity contribution in [3.8, 4) is 11.4 Å². The van der Waals surface area contributed by atoms with E-state index in [1.54, 1.807) is 12.4 Å². The molecule has 2 aromatic heterocycles. The molecule has 2 aromatic rings. The van der Waals surface area contributed by atoms with Crippen LogP contribution in [0.5, 0.6) is 0 Å². The molecule has 0 amide bonds. The lowest BCUT2D eigenvalue weighted by Crippen LogP contribution is -2.28. The maximum Gasteiger partial charge on any atom is 0.163 e. The van der Waals surface area contributed by atoms with Gasteiger partial charge in [0.1, 0.15) is 5.82 Å². The highest BCUT2D eigenvalue weighted by Gasteiger charge is 2.16. The summed E-state index contributed by atoms with van der Waals surface area (Å²) in [6.07, 6.45) is 5.06. The quantitative estimate of drug-likeness (QED) is 0.820. The summed E-state index contributed by atoms with van der Waals surface area (Å²) < 4.78 is 0. The van der Waals surface area contributed by atoms with E-state index in [-0.39, 0.29) is 6.10 Å². The summed E-state index contributed by atoms with van der Waals surface area (Å²) in [6, 6.07) is 3.82. The van der Waals surface area contributed by atoms with E-state index < -0.39 is 0 Å². The Morgan fingerprint density at radius 1 is 1.17 bits per heavy atom. The van der Waals surface area contributed by atoms with Crippen LogP contribution in [0.4, 0.5) is 5.82 Å². The summed E-state index contributed by atoms with van der Waals surface area (Å²) in [6.45, 7) is 8.68. The number of aliphatic hydroxyl groups is 1. The molecule has 1 atom stereocenters. The molecule has 124 valence electrons. The largest absolute Gasteiger partial charge is 0.391 e. The smallest absolute Gasteiger partial charge is 0.163 e. The molecule has 0 aliphatic carbocycles. The highest BCUT2D eigenvalue weighted by atomic mass is 16.3. The molecule has 0 radical (unpaired) electrons. The molecule has 2 rings (SSSR count). The average Bonchev–Trinajstić information content (AvgIpc) is 2.58. The van der Waals surface area contributed by atoms with Crippen molar-refractivity contribution in [3.63, 3.8) is 0 Å². The van der Waals surface area contributed by atoms with E-state index in [1.165, 1.54) is 0 Å². The van der Waals surface area contributed by atoms with Crippen LogP contribution in [-0.4, -0.2) is 32.7 Å². The summed E-state index contributed by atoms with van der Waals surface area (Å²) in [5.41, 5.74) is 2.83. The number of hydrogen-bond acceptors (Lipinski definition) is 5. The monoisotopic (exact) mass is 314 g/mol. The van der Waals surface area contributed by atoms with Gasteiger partial charge in [0.2, 0.25) is 0 Å². The molecule has 0 spiro atoms. The maximum atomic E-state index is 10.3. The van der Waals surface area contributed by atoms with Crippen molar-refractivity contribution in [2.24, 2.45) is 5.92 Å². The Balaban J connectivity index is 2.20. The van der Waals surface area contributed by atoms with Gasteiger partial charge < -0.3 is 10.4 Å². The zero-order valence-corrected chi connectivity index (χ0v) is 14.4. The number of nitrogens with one attached hydrogen (secondary N) is 1. The van der Waals surface area contributed by atoms with Crippen LogP contribution in [0.15, 0.2) is 24.5 Å². The molecule has 0 aliphatic rings. The Kier molecular flexibility index (Phi) is 6.04. The fraction of sp³-hybridized carbons (Fsp3) is 0.500. The minimum Gasteiger partial charge on any atom is -0.391 e. The molecule has 5 heteroatoms. The zero-order chi connectivity index (χ0) is 16.8. The van der Waals surface area contributed by atoms with E-state index >= 15 is 0 Å². The highest BCUT2D eigenvalue weighted by molar-refractivity contribution is 5.58. The van der Waals surface area contributed by atoms with Gasteiger partial charge in [0, 0.05) is 35.8 Å². The highest BCUT2D eigenvalue weighted by Crippen LogP contribution is 2.21. The zero-order valence-electron chi connectivity index (χ0n) is 14.4. The van der Waals surface area contributed by atoms with Crippen molar-refractivity contribution in [1.29, 1.82) is 0 Å². The van der Waals surface area contributed by atoms with Gasteiger partial charge >= 0.3 is 0 Å². The van der Waals surface area contributed by atoms with E-state index in [1.807, 2.05) is 26.0 Å². The Labute approximate surface area is 138 Å². The van der Waals surface area contributed by atoms with Gasteiger partial charge in [-0.15, -0.1) is 0 Å². The van der Waals surface area contributed by atoms with Crippen LogP contribution in [0.2, 0.25) is 0 Å². The van der Waals surface area contributed by atoms with Crippen LogP contribution in [0.1, 0.15) is 37.9 Å². The molecule has 0 fully saturated rings. The number of anilines is 1. The average molecular weight is 314 g/mol. The number of nitrogens with zero attached hydrogens (tertiary/aromatic N) is 3. The van der Waals surface area contributed by atoms with Crippen molar-refractivity contribution in [2.75, 3.05) is 11.9 Å². The Morgan fingerprint density at radius 2 is 1.91 bits per heavy atom. The normalized spacial score (nSPS) is 12.4. The molecular formula is C18H26N4O. The van der Waals surface area contributed by atoms with Crippen LogP contribution >= 0.6 is 0 Å². The van der Waals surface area contributed by atoms with Crippen LogP contribution < -0.4 is 5.32 Å². The number of aliphatic hydroxyl groups excluding tert-OH is 1. The third kappa shape index (κ3) is 4.26. The second kappa shape index (κ2) is 8.02. The molecule has 0 saturated carbocycles. The third-order valence-electron chi connectivity index (χ3n) is 4.38. The van der Waals surface area contributed by atoms with Gasteiger partial charge in [-0.1, -0.05) is 26.7 Å². The van der Waals surface area contributed by atoms with Gasteiger partial charge in [0.25, 0.3) is 0 Å². The molecule has 0 aliphatic heterocycles. The number of hydrogen-bond donors (Lipinski definition) is 2. The van der Waals surface area contributed by atoms with Crippen LogP contribution in [0.3, 0.4) is 0 Å². The fourth-order valence-electron chi connectivity index (χ4n) is 2.63. The standard InChI is InChI=1S/C18H26N4O/c1-5-14(6-2)16(23)11-20-17-12(3)13(4)21-18(22-17)15-8-7-9-19-10-15/h7-10,14,16,23H,5-6,11H2,1-4H3,(H,20,21,22). The van der Waals surface area contributed by atoms with Crippen molar-refractivity contribution in [2.45, 2.75) is 46.6 Å². The number of rotatable bonds is 7. The van der Waals surface area contributed by atoms with Crippen LogP contribution in [-0.2, 0) is 0 Å². The molecule has 23 heavy (non-hydrogen) atoms. The van der Waals surface area contributed by atoms with Gasteiger partial charge in [-0.3, -0.25) is 4.98 Å². The SMILES string of the molecule is CCC(CC)C(O)CNc1nc(-c2cccnc2)nc(C)c1C. The molecular weight excluding hydrogens is 288 g/mol. The fourth-order valence-corrected chi connectivity index (χ4v) is 2.63. The van der Waals surface area contributed by atoms with E-state index in [4.69, 9.17) is 0 Å². The lowest BCUT2D eigenvalue weighted by Gasteiger charge is -2.21. The summed E-state index contributed by atoms with van der Waals surface area (Å²) in [7, 11) is 0. The molecule has 0 aromatic carbocycles. The first kappa shape index (κ1) is 17.3. The minimum absolute atomic E-state index is 0.309. The first-order valence-corrected chi connectivity index (χ1v) is 8.24. The van der Waals surface area contributed by atoms with E-state index in [0.29, 0.717) is 18.3 Å². The molecule has 2 heterocycles. The summed E-state index contributed by atoms with van der Waals surface area (Å²) >= 11 is 0. The number of aryl methyl sites for hydroxylation is 1.